The smallest absolute Gasteiger partial charge is 0.277 e. The van der Waals surface area contributed by atoms with Gasteiger partial charge in [-0.15, -0.1) is 11.6 Å². The van der Waals surface area contributed by atoms with Crippen LogP contribution in [-0.4, -0.2) is 18.2 Å². The van der Waals surface area contributed by atoms with E-state index in [0.717, 1.165) is 5.56 Å². The molecule has 7 nitrogen and oxygen atoms in total. The Hall–Kier alpha value is -2.03. The van der Waals surface area contributed by atoms with Crippen LogP contribution in [0.3, 0.4) is 0 Å². The van der Waals surface area contributed by atoms with Crippen LogP contribution >= 0.6 is 0 Å². The number of carbonyl (C=O) groups excluding carboxylic acids is 1. The molecule has 0 fully saturated rings. The summed E-state index contributed by atoms with van der Waals surface area (Å²) in [6, 6.07) is 9.43. The second kappa shape index (κ2) is 7.90. The first-order valence-electron chi connectivity index (χ1n) is 6.97. The number of aromatic nitrogens is 1. The number of fused-ring (bicyclic) bond motifs is 1. The number of hydrogen-bond acceptors (Lipinski definition) is 6. The zero-order valence-electron chi connectivity index (χ0n) is 13.5. The third kappa shape index (κ3) is 3.66. The molecule has 1 heterocycles. The molecule has 127 valence electrons. The number of nitrogens with two attached hydrogens (primary N) is 1. The van der Waals surface area contributed by atoms with Gasteiger partial charge in [0, 0.05) is 32.7 Å². The Morgan fingerprint density at radius 3 is 2.92 bits per heavy atom. The molecule has 0 aliphatic carbocycles. The summed E-state index contributed by atoms with van der Waals surface area (Å²) in [5.74, 6) is -1.42. The Balaban J connectivity index is 0.00000225. The van der Waals surface area contributed by atoms with Crippen molar-refractivity contribution in [3.05, 3.63) is 47.3 Å². The van der Waals surface area contributed by atoms with Crippen LogP contribution < -0.4 is 16.5 Å². The molecule has 0 aliphatic heterocycles. The van der Waals surface area contributed by atoms with Gasteiger partial charge in [-0.05, 0) is 6.07 Å². The van der Waals surface area contributed by atoms with Gasteiger partial charge in [0.25, 0.3) is 5.91 Å². The van der Waals surface area contributed by atoms with Crippen molar-refractivity contribution in [1.29, 1.82) is 0 Å². The molecule has 0 saturated carbocycles. The third-order valence-corrected chi connectivity index (χ3v) is 3.50. The molecule has 1 amide bonds. The minimum atomic E-state index is -0.773. The summed E-state index contributed by atoms with van der Waals surface area (Å²) in [4.78, 5) is 16.9. The second-order valence-electron chi connectivity index (χ2n) is 5.06. The number of amides is 1. The van der Waals surface area contributed by atoms with Crippen LogP contribution in [0, 0.1) is 18.8 Å². The summed E-state index contributed by atoms with van der Waals surface area (Å²) in [7, 11) is 1.28. The van der Waals surface area contributed by atoms with E-state index in [1.54, 1.807) is 18.2 Å². The number of anilines is 3. The molecular formula is C16H14FN4O3Y-. The van der Waals surface area contributed by atoms with Crippen molar-refractivity contribution in [2.24, 2.45) is 0 Å². The SMILES string of the molecule is CONC(=O)c1cc2c(N)noc2c(F)c1Nc1cc[c-]cc1C.[Y]. The molecule has 1 radical (unpaired) electrons. The number of hydrogen-bond donors (Lipinski definition) is 3. The fourth-order valence-electron chi connectivity index (χ4n) is 2.29. The van der Waals surface area contributed by atoms with E-state index < -0.39 is 11.7 Å². The predicted octanol–water partition coefficient (Wildman–Crippen LogP) is 2.69. The third-order valence-electron chi connectivity index (χ3n) is 3.50. The number of benzene rings is 2. The maximum atomic E-state index is 14.9. The van der Waals surface area contributed by atoms with E-state index in [1.807, 2.05) is 6.92 Å². The topological polar surface area (TPSA) is 102 Å². The Kier molecular flexibility index (Phi) is 6.10. The zero-order chi connectivity index (χ0) is 17.3. The first kappa shape index (κ1) is 19.3. The van der Waals surface area contributed by atoms with Gasteiger partial charge < -0.3 is 15.6 Å². The van der Waals surface area contributed by atoms with Crippen LogP contribution in [0.15, 0.2) is 28.8 Å². The first-order valence-corrected chi connectivity index (χ1v) is 6.97. The van der Waals surface area contributed by atoms with Crippen LogP contribution in [0.4, 0.5) is 21.6 Å². The van der Waals surface area contributed by atoms with E-state index in [4.69, 9.17) is 10.3 Å². The van der Waals surface area contributed by atoms with Crippen LogP contribution in [0.5, 0.6) is 0 Å². The fraction of sp³-hybridized carbons (Fsp3) is 0.125. The number of aryl methyl sites for hydroxylation is 1. The molecule has 2 aromatic carbocycles. The molecule has 0 saturated heterocycles. The van der Waals surface area contributed by atoms with E-state index in [9.17, 15) is 9.18 Å². The van der Waals surface area contributed by atoms with Gasteiger partial charge in [0.1, 0.15) is 0 Å². The molecular weight excluding hydrogens is 404 g/mol. The van der Waals surface area contributed by atoms with E-state index in [0.29, 0.717) is 5.69 Å². The van der Waals surface area contributed by atoms with Gasteiger partial charge in [-0.25, -0.2) is 9.87 Å². The molecule has 9 heteroatoms. The number of nitrogen functional groups attached to an aromatic ring is 1. The summed E-state index contributed by atoms with van der Waals surface area (Å²) in [6.07, 6.45) is 0. The molecule has 3 aromatic rings. The number of hydroxylamine groups is 1. The van der Waals surface area contributed by atoms with E-state index >= 15 is 0 Å². The van der Waals surface area contributed by atoms with Crippen molar-refractivity contribution in [3.8, 4) is 0 Å². The summed E-state index contributed by atoms with van der Waals surface area (Å²) in [5.41, 5.74) is 9.06. The summed E-state index contributed by atoms with van der Waals surface area (Å²) in [5, 5.41) is 6.65. The van der Waals surface area contributed by atoms with Crippen LogP contribution in [0.25, 0.3) is 11.0 Å². The van der Waals surface area contributed by atoms with Gasteiger partial charge in [-0.1, -0.05) is 17.8 Å². The molecule has 0 unspecified atom stereocenters. The average Bonchev–Trinajstić information content (AvgIpc) is 2.93. The Labute approximate surface area is 167 Å². The van der Waals surface area contributed by atoms with Gasteiger partial charge in [-0.3, -0.25) is 9.63 Å². The average molecular weight is 418 g/mol. The molecule has 25 heavy (non-hydrogen) atoms. The molecule has 0 aliphatic rings. The van der Waals surface area contributed by atoms with E-state index in [2.05, 4.69) is 26.9 Å². The molecule has 0 atom stereocenters. The number of halogens is 1. The van der Waals surface area contributed by atoms with Crippen molar-refractivity contribution in [2.75, 3.05) is 18.2 Å². The van der Waals surface area contributed by atoms with E-state index in [-0.39, 0.29) is 60.7 Å². The first-order chi connectivity index (χ1) is 11.5. The van der Waals surface area contributed by atoms with Crippen molar-refractivity contribution < 1.29 is 51.3 Å². The largest absolute Gasteiger partial charge is 0.380 e. The van der Waals surface area contributed by atoms with Gasteiger partial charge in [0.2, 0.25) is 5.58 Å². The fourth-order valence-corrected chi connectivity index (χ4v) is 2.29. The Morgan fingerprint density at radius 1 is 1.48 bits per heavy atom. The Bertz CT molecular complexity index is 929. The Morgan fingerprint density at radius 2 is 2.24 bits per heavy atom. The van der Waals surface area contributed by atoms with E-state index in [1.165, 1.54) is 13.2 Å². The maximum absolute atomic E-state index is 14.9. The molecule has 1 aromatic heterocycles. The molecule has 4 N–H and O–H groups in total. The van der Waals surface area contributed by atoms with Gasteiger partial charge in [-0.2, -0.15) is 18.2 Å². The zero-order valence-corrected chi connectivity index (χ0v) is 16.4. The van der Waals surface area contributed by atoms with Gasteiger partial charge >= 0.3 is 0 Å². The van der Waals surface area contributed by atoms with Crippen LogP contribution in [0.2, 0.25) is 0 Å². The quantitative estimate of drug-likeness (QED) is 0.445. The molecule has 0 spiro atoms. The number of nitrogens with one attached hydrogen (secondary N) is 2. The minimum absolute atomic E-state index is 0. The van der Waals surface area contributed by atoms with Gasteiger partial charge in [0.05, 0.1) is 23.7 Å². The standard InChI is InChI=1S/C16H14FN4O3.Y/c1-8-5-3-4-6-11(8)19-13-9(16(22)21-23-2)7-10-14(12(13)17)24-20-15(10)18;/h4-7,19H,1-2H3,(H2,18,20)(H,21,22);/q-1;. The minimum Gasteiger partial charge on any atom is -0.380 e. The summed E-state index contributed by atoms with van der Waals surface area (Å²) in [6.45, 7) is 1.83. The number of nitrogens with zero attached hydrogens (tertiary/aromatic N) is 1. The number of carbonyl (C=O) groups is 1. The van der Waals surface area contributed by atoms with Crippen LogP contribution in [0.1, 0.15) is 15.9 Å². The molecule has 0 bridgehead atoms. The van der Waals surface area contributed by atoms with Crippen molar-refractivity contribution in [2.45, 2.75) is 6.92 Å². The van der Waals surface area contributed by atoms with Crippen molar-refractivity contribution in [1.82, 2.24) is 10.6 Å². The van der Waals surface area contributed by atoms with Crippen LogP contribution in [-0.2, 0) is 37.5 Å². The monoisotopic (exact) mass is 418 g/mol. The summed E-state index contributed by atoms with van der Waals surface area (Å²) >= 11 is 0. The second-order valence-corrected chi connectivity index (χ2v) is 5.06. The number of rotatable bonds is 4. The van der Waals surface area contributed by atoms with Crippen molar-refractivity contribution in [3.63, 3.8) is 0 Å². The van der Waals surface area contributed by atoms with Gasteiger partial charge in [0.15, 0.2) is 11.6 Å². The summed E-state index contributed by atoms with van der Waals surface area (Å²) < 4.78 is 19.8. The predicted molar refractivity (Wildman–Crippen MR) is 86.2 cm³/mol. The normalized spacial score (nSPS) is 10.4. The van der Waals surface area contributed by atoms with Crippen molar-refractivity contribution >= 4 is 34.1 Å². The maximum Gasteiger partial charge on any atom is 0.277 e. The molecule has 3 rings (SSSR count).